The zero-order chi connectivity index (χ0) is 24.5. The average molecular weight is 459 g/mol. The molecule has 174 valence electrons. The summed E-state index contributed by atoms with van der Waals surface area (Å²) in [5.74, 6) is -1.44. The van der Waals surface area contributed by atoms with Crippen molar-refractivity contribution in [2.75, 3.05) is 17.2 Å². The molecule has 0 radical (unpaired) electrons. The molecule has 8 heteroatoms. The summed E-state index contributed by atoms with van der Waals surface area (Å²) >= 11 is 0. The average Bonchev–Trinajstić information content (AvgIpc) is 2.81. The smallest absolute Gasteiger partial charge is 0.329 e. The van der Waals surface area contributed by atoms with E-state index in [1.165, 1.54) is 6.21 Å². The van der Waals surface area contributed by atoms with Crippen molar-refractivity contribution < 1.29 is 19.1 Å². The van der Waals surface area contributed by atoms with Gasteiger partial charge in [-0.15, -0.1) is 0 Å². The van der Waals surface area contributed by atoms with Crippen LogP contribution >= 0.6 is 0 Å². The number of hydrogen-bond donors (Lipinski definition) is 3. The molecule has 0 heterocycles. The van der Waals surface area contributed by atoms with E-state index in [2.05, 4.69) is 21.2 Å². The Labute approximate surface area is 198 Å². The highest BCUT2D eigenvalue weighted by atomic mass is 16.5. The number of amides is 3. The predicted octanol–water partition coefficient (Wildman–Crippen LogP) is 3.72. The molecule has 0 unspecified atom stereocenters. The van der Waals surface area contributed by atoms with Crippen LogP contribution in [-0.4, -0.2) is 30.5 Å². The van der Waals surface area contributed by atoms with Crippen molar-refractivity contribution >= 4 is 35.3 Å². The van der Waals surface area contributed by atoms with Gasteiger partial charge in [0.2, 0.25) is 0 Å². The molecule has 0 fully saturated rings. The largest absolute Gasteiger partial charge is 0.484 e. The highest BCUT2D eigenvalue weighted by molar-refractivity contribution is 6.39. The van der Waals surface area contributed by atoms with Gasteiger partial charge in [-0.3, -0.25) is 14.4 Å². The Hall–Kier alpha value is -4.46. The number of aryl methyl sites for hydroxylation is 2. The standard InChI is InChI=1S/C26H26N4O4/c1-17-6-4-8-21(14-17)28-24(31)16-34-22-12-10-20(11-13-22)15-27-30-26(33)25(32)29-23-9-5-7-18(2)19(23)3/h4-15H,16H2,1-3H3,(H,28,31)(H,29,32)(H,30,33)/b27-15-. The molecular weight excluding hydrogens is 432 g/mol. The van der Waals surface area contributed by atoms with E-state index in [9.17, 15) is 14.4 Å². The Kier molecular flexibility index (Phi) is 8.12. The van der Waals surface area contributed by atoms with Crippen LogP contribution in [0.1, 0.15) is 22.3 Å². The maximum absolute atomic E-state index is 12.1. The summed E-state index contributed by atoms with van der Waals surface area (Å²) in [5, 5.41) is 9.16. The lowest BCUT2D eigenvalue weighted by Gasteiger charge is -2.09. The normalized spacial score (nSPS) is 10.6. The first kappa shape index (κ1) is 24.2. The zero-order valence-corrected chi connectivity index (χ0v) is 19.2. The topological polar surface area (TPSA) is 109 Å². The number of rotatable bonds is 7. The van der Waals surface area contributed by atoms with Crippen LogP contribution in [0.25, 0.3) is 0 Å². The summed E-state index contributed by atoms with van der Waals surface area (Å²) in [6.45, 7) is 5.60. The van der Waals surface area contributed by atoms with Crippen molar-refractivity contribution in [1.82, 2.24) is 5.43 Å². The Morgan fingerprint density at radius 1 is 0.882 bits per heavy atom. The highest BCUT2D eigenvalue weighted by Crippen LogP contribution is 2.17. The number of nitrogens with zero attached hydrogens (tertiary/aromatic N) is 1. The van der Waals surface area contributed by atoms with Crippen LogP contribution in [0.2, 0.25) is 0 Å². The summed E-state index contributed by atoms with van der Waals surface area (Å²) in [4.78, 5) is 36.1. The van der Waals surface area contributed by atoms with Crippen molar-refractivity contribution in [1.29, 1.82) is 0 Å². The quantitative estimate of drug-likeness (QED) is 0.285. The number of benzene rings is 3. The predicted molar refractivity (Wildman–Crippen MR) is 132 cm³/mol. The molecule has 0 atom stereocenters. The molecule has 34 heavy (non-hydrogen) atoms. The van der Waals surface area contributed by atoms with E-state index in [0.29, 0.717) is 22.7 Å². The first-order valence-electron chi connectivity index (χ1n) is 10.6. The molecule has 0 bridgehead atoms. The number of carbonyl (C=O) groups is 3. The molecule has 3 aromatic rings. The second kappa shape index (κ2) is 11.4. The van der Waals surface area contributed by atoms with Crippen LogP contribution in [0.5, 0.6) is 5.75 Å². The lowest BCUT2D eigenvalue weighted by atomic mass is 10.1. The molecule has 3 aromatic carbocycles. The number of ether oxygens (including phenoxy) is 1. The molecule has 0 aromatic heterocycles. The minimum atomic E-state index is -0.878. The van der Waals surface area contributed by atoms with Gasteiger partial charge < -0.3 is 15.4 Å². The van der Waals surface area contributed by atoms with E-state index >= 15 is 0 Å². The van der Waals surface area contributed by atoms with Crippen molar-refractivity contribution in [2.45, 2.75) is 20.8 Å². The Bertz CT molecular complexity index is 1220. The van der Waals surface area contributed by atoms with Gasteiger partial charge in [0, 0.05) is 11.4 Å². The van der Waals surface area contributed by atoms with Crippen LogP contribution in [0, 0.1) is 20.8 Å². The summed E-state index contributed by atoms with van der Waals surface area (Å²) in [6.07, 6.45) is 1.40. The molecule has 8 nitrogen and oxygen atoms in total. The molecule has 0 saturated carbocycles. The third-order valence-electron chi connectivity index (χ3n) is 4.99. The highest BCUT2D eigenvalue weighted by Gasteiger charge is 2.14. The maximum Gasteiger partial charge on any atom is 0.329 e. The lowest BCUT2D eigenvalue weighted by molar-refractivity contribution is -0.136. The van der Waals surface area contributed by atoms with Gasteiger partial charge in [0.25, 0.3) is 5.91 Å². The molecule has 0 aliphatic rings. The lowest BCUT2D eigenvalue weighted by Crippen LogP contribution is -2.32. The molecule has 3 N–H and O–H groups in total. The van der Waals surface area contributed by atoms with Gasteiger partial charge in [0.1, 0.15) is 5.75 Å². The first-order chi connectivity index (χ1) is 16.3. The number of nitrogens with one attached hydrogen (secondary N) is 3. The van der Waals surface area contributed by atoms with Crippen molar-refractivity contribution in [3.05, 3.63) is 89.0 Å². The number of hydrazone groups is 1. The van der Waals surface area contributed by atoms with Gasteiger partial charge >= 0.3 is 11.8 Å². The SMILES string of the molecule is Cc1cccc(NC(=O)COc2ccc(/C=N\NC(=O)C(=O)Nc3cccc(C)c3C)cc2)c1. The van der Waals surface area contributed by atoms with E-state index in [4.69, 9.17) is 4.74 Å². The third-order valence-corrected chi connectivity index (χ3v) is 4.99. The molecule has 0 aliphatic heterocycles. The van der Waals surface area contributed by atoms with Crippen LogP contribution in [0.15, 0.2) is 71.8 Å². The maximum atomic E-state index is 12.1. The monoisotopic (exact) mass is 458 g/mol. The summed E-state index contributed by atoms with van der Waals surface area (Å²) in [7, 11) is 0. The second-order valence-electron chi connectivity index (χ2n) is 7.68. The number of hydrogen-bond acceptors (Lipinski definition) is 5. The minimum Gasteiger partial charge on any atom is -0.484 e. The molecule has 0 saturated heterocycles. The Morgan fingerprint density at radius 2 is 1.62 bits per heavy atom. The van der Waals surface area contributed by atoms with Crippen LogP contribution in [0.4, 0.5) is 11.4 Å². The van der Waals surface area contributed by atoms with Gasteiger partial charge in [0.05, 0.1) is 6.21 Å². The zero-order valence-electron chi connectivity index (χ0n) is 19.2. The molecule has 3 amide bonds. The van der Waals surface area contributed by atoms with E-state index in [1.54, 1.807) is 36.4 Å². The fraction of sp³-hybridized carbons (Fsp3) is 0.154. The van der Waals surface area contributed by atoms with Crippen molar-refractivity contribution in [3.8, 4) is 5.75 Å². The van der Waals surface area contributed by atoms with E-state index < -0.39 is 11.8 Å². The fourth-order valence-corrected chi connectivity index (χ4v) is 3.00. The molecule has 3 rings (SSSR count). The van der Waals surface area contributed by atoms with Crippen molar-refractivity contribution in [3.63, 3.8) is 0 Å². The molecular formula is C26H26N4O4. The van der Waals surface area contributed by atoms with Gasteiger partial charge in [-0.2, -0.15) is 5.10 Å². The fourth-order valence-electron chi connectivity index (χ4n) is 3.00. The van der Waals surface area contributed by atoms with Crippen LogP contribution in [0.3, 0.4) is 0 Å². The van der Waals surface area contributed by atoms with E-state index in [-0.39, 0.29) is 12.5 Å². The van der Waals surface area contributed by atoms with Crippen molar-refractivity contribution in [2.24, 2.45) is 5.10 Å². The second-order valence-corrected chi connectivity index (χ2v) is 7.68. The summed E-state index contributed by atoms with van der Waals surface area (Å²) in [6, 6.07) is 19.7. The number of anilines is 2. The number of carbonyl (C=O) groups excluding carboxylic acids is 3. The van der Waals surface area contributed by atoms with Gasteiger partial charge in [0.15, 0.2) is 6.61 Å². The molecule has 0 aliphatic carbocycles. The first-order valence-corrected chi connectivity index (χ1v) is 10.6. The van der Waals surface area contributed by atoms with Crippen LogP contribution < -0.4 is 20.8 Å². The Morgan fingerprint density at radius 3 is 2.35 bits per heavy atom. The molecule has 0 spiro atoms. The van der Waals surface area contributed by atoms with Gasteiger partial charge in [-0.1, -0.05) is 24.3 Å². The summed E-state index contributed by atoms with van der Waals surface area (Å²) in [5.41, 5.74) is 7.11. The minimum absolute atomic E-state index is 0.132. The summed E-state index contributed by atoms with van der Waals surface area (Å²) < 4.78 is 5.49. The van der Waals surface area contributed by atoms with Crippen LogP contribution in [-0.2, 0) is 14.4 Å². The van der Waals surface area contributed by atoms with E-state index in [1.807, 2.05) is 51.1 Å². The Balaban J connectivity index is 1.45. The third kappa shape index (κ3) is 7.03. The van der Waals surface area contributed by atoms with Gasteiger partial charge in [-0.25, -0.2) is 5.43 Å². The van der Waals surface area contributed by atoms with Gasteiger partial charge in [-0.05, 0) is 85.5 Å². The van der Waals surface area contributed by atoms with E-state index in [0.717, 1.165) is 16.7 Å².